The standard InChI is InChI=1S/C42H40N6O10S/c1-27(49)43-19-23-45(24-20-43)37(53)17-9-31-7-15-35(41(47(55)56)39(31)29-3-11-33(51)12-4-29)59-36-16-8-32(10-18-38(54)46-25-21-44(22-26-46)28(2)50)40(42(36)48(57)58)30-5-13-34(52)14-6-30/h3-18,51-52H,19-26H2,1-2H3. The summed E-state index contributed by atoms with van der Waals surface area (Å²) in [6.45, 7) is 5.70. The topological polar surface area (TPSA) is 208 Å². The van der Waals surface area contributed by atoms with Gasteiger partial charge in [-0.05, 0) is 70.8 Å². The monoisotopic (exact) mass is 820 g/mol. The van der Waals surface area contributed by atoms with E-state index in [-0.39, 0.29) is 56.0 Å². The molecule has 4 aromatic rings. The highest BCUT2D eigenvalue weighted by atomic mass is 32.2. The molecule has 4 aromatic carbocycles. The second kappa shape index (κ2) is 18.1. The van der Waals surface area contributed by atoms with E-state index < -0.39 is 21.2 Å². The third kappa shape index (κ3) is 9.59. The fourth-order valence-corrected chi connectivity index (χ4v) is 8.03. The Morgan fingerprint density at radius 1 is 0.542 bits per heavy atom. The summed E-state index contributed by atoms with van der Waals surface area (Å²) in [5, 5.41) is 46.1. The van der Waals surface area contributed by atoms with Gasteiger partial charge in [-0.3, -0.25) is 39.4 Å². The molecule has 4 amide bonds. The number of nitrogens with zero attached hydrogens (tertiary/aromatic N) is 6. The maximum absolute atomic E-state index is 13.2. The van der Waals surface area contributed by atoms with Crippen LogP contribution in [0, 0.1) is 20.2 Å². The molecule has 0 radical (unpaired) electrons. The minimum Gasteiger partial charge on any atom is -0.508 e. The molecule has 16 nitrogen and oxygen atoms in total. The Bertz CT molecular complexity index is 2200. The SMILES string of the molecule is CC(=O)N1CCN(C(=O)C=Cc2ccc(Sc3ccc(C=CC(=O)N4CCN(C(C)=O)CC4)c(-c4ccc(O)cc4)c3[N+](=O)[O-])c([N+](=O)[O-])c2-c2ccc(O)cc2)CC1. The lowest BCUT2D eigenvalue weighted by Crippen LogP contribution is -2.49. The summed E-state index contributed by atoms with van der Waals surface area (Å²) < 4.78 is 0. The van der Waals surface area contributed by atoms with Crippen LogP contribution in [-0.2, 0) is 19.2 Å². The Morgan fingerprint density at radius 3 is 1.17 bits per heavy atom. The number of nitro groups is 2. The van der Waals surface area contributed by atoms with Gasteiger partial charge in [0, 0.05) is 78.4 Å². The molecule has 2 saturated heterocycles. The molecule has 2 heterocycles. The first-order valence-electron chi connectivity index (χ1n) is 18.6. The number of carbonyl (C=O) groups excluding carboxylic acids is 4. The highest BCUT2D eigenvalue weighted by Gasteiger charge is 2.30. The van der Waals surface area contributed by atoms with Crippen molar-refractivity contribution >= 4 is 58.9 Å². The molecule has 59 heavy (non-hydrogen) atoms. The van der Waals surface area contributed by atoms with E-state index >= 15 is 0 Å². The van der Waals surface area contributed by atoms with Gasteiger partial charge in [0.25, 0.3) is 11.4 Å². The quantitative estimate of drug-likeness (QED) is 0.111. The van der Waals surface area contributed by atoms with Gasteiger partial charge in [-0.25, -0.2) is 0 Å². The van der Waals surface area contributed by atoms with Crippen LogP contribution in [0.2, 0.25) is 0 Å². The van der Waals surface area contributed by atoms with Crippen LogP contribution in [0.4, 0.5) is 11.4 Å². The summed E-state index contributed by atoms with van der Waals surface area (Å²) >= 11 is 0.793. The number of nitro benzene ring substituents is 2. The predicted molar refractivity (Wildman–Crippen MR) is 220 cm³/mol. The molecule has 0 spiro atoms. The normalized spacial score (nSPS) is 14.5. The molecule has 2 aliphatic rings. The molecule has 304 valence electrons. The summed E-state index contributed by atoms with van der Waals surface area (Å²) in [6, 6.07) is 17.5. The average molecular weight is 821 g/mol. The Kier molecular flexibility index (Phi) is 12.7. The number of carbonyl (C=O) groups is 4. The fourth-order valence-electron chi connectivity index (χ4n) is 6.98. The molecule has 17 heteroatoms. The predicted octanol–water partition coefficient (Wildman–Crippen LogP) is 5.81. The number of piperazine rings is 2. The zero-order valence-electron chi connectivity index (χ0n) is 32.1. The van der Waals surface area contributed by atoms with Crippen LogP contribution in [0.1, 0.15) is 25.0 Å². The Labute approximate surface area is 342 Å². The first-order valence-corrected chi connectivity index (χ1v) is 19.4. The van der Waals surface area contributed by atoms with E-state index in [0.717, 1.165) is 11.8 Å². The lowest BCUT2D eigenvalue weighted by molar-refractivity contribution is -0.387. The van der Waals surface area contributed by atoms with Gasteiger partial charge in [-0.1, -0.05) is 48.2 Å². The number of amides is 4. The lowest BCUT2D eigenvalue weighted by Gasteiger charge is -2.33. The van der Waals surface area contributed by atoms with Gasteiger partial charge in [0.05, 0.1) is 30.8 Å². The second-order valence-electron chi connectivity index (χ2n) is 13.8. The van der Waals surface area contributed by atoms with E-state index in [1.807, 2.05) is 0 Å². The largest absolute Gasteiger partial charge is 0.508 e. The summed E-state index contributed by atoms with van der Waals surface area (Å²) in [7, 11) is 0. The average Bonchev–Trinajstić information content (AvgIpc) is 3.22. The molecule has 2 fully saturated rings. The van der Waals surface area contributed by atoms with Gasteiger partial charge >= 0.3 is 0 Å². The summed E-state index contributed by atoms with van der Waals surface area (Å²) in [5.41, 5.74) is 0.695. The summed E-state index contributed by atoms with van der Waals surface area (Å²) in [5.74, 6) is -1.04. The first kappa shape index (κ1) is 41.6. The Balaban J connectivity index is 1.41. The zero-order chi connectivity index (χ0) is 42.4. The van der Waals surface area contributed by atoms with Crippen LogP contribution in [-0.4, -0.2) is 116 Å². The van der Waals surface area contributed by atoms with Gasteiger partial charge in [0.15, 0.2) is 0 Å². The number of benzene rings is 4. The highest BCUT2D eigenvalue weighted by molar-refractivity contribution is 7.99. The van der Waals surface area contributed by atoms with Crippen molar-refractivity contribution in [3.05, 3.63) is 116 Å². The Morgan fingerprint density at radius 2 is 0.864 bits per heavy atom. The highest BCUT2D eigenvalue weighted by Crippen LogP contribution is 2.48. The van der Waals surface area contributed by atoms with Crippen molar-refractivity contribution in [1.82, 2.24) is 19.6 Å². The number of rotatable bonds is 10. The van der Waals surface area contributed by atoms with Crippen molar-refractivity contribution in [2.75, 3.05) is 52.4 Å². The van der Waals surface area contributed by atoms with Gasteiger partial charge in [0.1, 0.15) is 11.5 Å². The number of phenolic OH excluding ortho intramolecular Hbond substituents is 2. The number of hydrogen-bond acceptors (Lipinski definition) is 11. The third-order valence-corrected chi connectivity index (χ3v) is 11.2. The second-order valence-corrected chi connectivity index (χ2v) is 14.9. The van der Waals surface area contributed by atoms with Crippen molar-refractivity contribution < 1.29 is 39.2 Å². The van der Waals surface area contributed by atoms with E-state index in [9.17, 15) is 49.6 Å². The molecule has 0 aliphatic carbocycles. The van der Waals surface area contributed by atoms with Gasteiger partial charge in [0.2, 0.25) is 23.6 Å². The molecule has 0 saturated carbocycles. The van der Waals surface area contributed by atoms with Crippen LogP contribution >= 0.6 is 11.8 Å². The van der Waals surface area contributed by atoms with Gasteiger partial charge in [-0.15, -0.1) is 0 Å². The van der Waals surface area contributed by atoms with Crippen LogP contribution in [0.5, 0.6) is 11.5 Å². The van der Waals surface area contributed by atoms with Crippen molar-refractivity contribution in [1.29, 1.82) is 0 Å². The van der Waals surface area contributed by atoms with Crippen LogP contribution < -0.4 is 0 Å². The molecule has 0 bridgehead atoms. The van der Waals surface area contributed by atoms with Crippen LogP contribution in [0.3, 0.4) is 0 Å². The van der Waals surface area contributed by atoms with Crippen molar-refractivity contribution in [2.45, 2.75) is 23.6 Å². The zero-order valence-corrected chi connectivity index (χ0v) is 33.0. The van der Waals surface area contributed by atoms with E-state index in [0.29, 0.717) is 74.6 Å². The molecule has 0 aromatic heterocycles. The third-order valence-electron chi connectivity index (χ3n) is 10.1. The maximum atomic E-state index is 13.2. The number of phenols is 2. The fraction of sp³-hybridized carbons (Fsp3) is 0.238. The number of aromatic hydroxyl groups is 2. The molecular weight excluding hydrogens is 781 g/mol. The van der Waals surface area contributed by atoms with E-state index in [4.69, 9.17) is 0 Å². The molecular formula is C42H40N6O10S. The van der Waals surface area contributed by atoms with Crippen molar-refractivity contribution in [2.24, 2.45) is 0 Å². The molecule has 0 unspecified atom stereocenters. The minimum absolute atomic E-state index is 0.0461. The summed E-state index contributed by atoms with van der Waals surface area (Å²) in [6.07, 6.45) is 5.52. The molecule has 2 aliphatic heterocycles. The van der Waals surface area contributed by atoms with E-state index in [1.54, 1.807) is 31.7 Å². The van der Waals surface area contributed by atoms with E-state index in [2.05, 4.69) is 0 Å². The van der Waals surface area contributed by atoms with E-state index in [1.165, 1.54) is 98.8 Å². The number of hydrogen-bond donors (Lipinski definition) is 2. The van der Waals surface area contributed by atoms with Crippen LogP contribution in [0.25, 0.3) is 34.4 Å². The molecule has 0 atom stereocenters. The van der Waals surface area contributed by atoms with Gasteiger partial charge < -0.3 is 29.8 Å². The lowest BCUT2D eigenvalue weighted by atomic mass is 9.97. The first-order chi connectivity index (χ1) is 28.2. The smallest absolute Gasteiger partial charge is 0.291 e. The van der Waals surface area contributed by atoms with Gasteiger partial charge in [-0.2, -0.15) is 0 Å². The van der Waals surface area contributed by atoms with Crippen molar-refractivity contribution in [3.8, 4) is 33.8 Å². The Hall–Kier alpha value is -7.01. The summed E-state index contributed by atoms with van der Waals surface area (Å²) in [4.78, 5) is 81.3. The molecule has 6 rings (SSSR count). The van der Waals surface area contributed by atoms with Crippen LogP contribution in [0.15, 0.2) is 94.7 Å². The molecule has 2 N–H and O–H groups in total. The maximum Gasteiger partial charge on any atom is 0.291 e. The van der Waals surface area contributed by atoms with Crippen molar-refractivity contribution in [3.63, 3.8) is 0 Å². The minimum atomic E-state index is -0.601.